The first kappa shape index (κ1) is 19.6. The van der Waals surface area contributed by atoms with E-state index >= 15 is 0 Å². The van der Waals surface area contributed by atoms with Crippen LogP contribution in [0.3, 0.4) is 0 Å². The normalized spacial score (nSPS) is 22.9. The molecular formula is C23H28N4O2S. The number of nitrogens with two attached hydrogens (primary N) is 1. The lowest BCUT2D eigenvalue weighted by atomic mass is 9.92. The molecule has 3 N–H and O–H groups in total. The van der Waals surface area contributed by atoms with Gasteiger partial charge in [0.15, 0.2) is 0 Å². The van der Waals surface area contributed by atoms with E-state index in [0.717, 1.165) is 68.7 Å². The van der Waals surface area contributed by atoms with Crippen LogP contribution in [-0.4, -0.2) is 49.4 Å². The molecule has 1 unspecified atom stereocenters. The SMILES string of the molecule is NC(=O)C1(c2ccc(C(=O)N3CCNCC3c3cccs3)c(N3CCCC3)c2)CC1. The molecule has 0 spiro atoms. The number of carbonyl (C=O) groups is 2. The number of nitrogens with zero attached hydrogens (tertiary/aromatic N) is 2. The molecule has 2 amide bonds. The smallest absolute Gasteiger partial charge is 0.256 e. The summed E-state index contributed by atoms with van der Waals surface area (Å²) in [5, 5.41) is 5.50. The fourth-order valence-electron chi connectivity index (χ4n) is 4.87. The Morgan fingerprint density at radius 2 is 1.93 bits per heavy atom. The van der Waals surface area contributed by atoms with Crippen LogP contribution in [-0.2, 0) is 10.2 Å². The minimum atomic E-state index is -0.537. The van der Waals surface area contributed by atoms with E-state index in [1.807, 2.05) is 23.1 Å². The minimum absolute atomic E-state index is 0.0535. The minimum Gasteiger partial charge on any atom is -0.371 e. The zero-order valence-electron chi connectivity index (χ0n) is 17.1. The third-order valence-corrected chi connectivity index (χ3v) is 7.80. The van der Waals surface area contributed by atoms with E-state index in [9.17, 15) is 9.59 Å². The van der Waals surface area contributed by atoms with Crippen LogP contribution in [0.25, 0.3) is 0 Å². The van der Waals surface area contributed by atoms with Gasteiger partial charge >= 0.3 is 0 Å². The Balaban J connectivity index is 1.52. The summed E-state index contributed by atoms with van der Waals surface area (Å²) < 4.78 is 0. The van der Waals surface area contributed by atoms with Gasteiger partial charge in [0.1, 0.15) is 0 Å². The summed E-state index contributed by atoms with van der Waals surface area (Å²) in [7, 11) is 0. The molecule has 3 aliphatic rings. The zero-order valence-corrected chi connectivity index (χ0v) is 17.9. The van der Waals surface area contributed by atoms with E-state index in [0.29, 0.717) is 6.54 Å². The molecule has 2 aliphatic heterocycles. The van der Waals surface area contributed by atoms with Crippen molar-refractivity contribution in [2.45, 2.75) is 37.1 Å². The highest BCUT2D eigenvalue weighted by molar-refractivity contribution is 7.10. The largest absolute Gasteiger partial charge is 0.371 e. The first-order chi connectivity index (χ1) is 14.6. The molecule has 1 saturated carbocycles. The lowest BCUT2D eigenvalue weighted by molar-refractivity contribution is -0.120. The number of carbonyl (C=O) groups excluding carboxylic acids is 2. The number of nitrogens with one attached hydrogen (secondary N) is 1. The van der Waals surface area contributed by atoms with Crippen LogP contribution in [0.5, 0.6) is 0 Å². The van der Waals surface area contributed by atoms with E-state index in [1.165, 1.54) is 4.88 Å². The number of piperazine rings is 1. The summed E-state index contributed by atoms with van der Waals surface area (Å²) in [6, 6.07) is 10.2. The van der Waals surface area contributed by atoms with Gasteiger partial charge in [-0.1, -0.05) is 12.1 Å². The molecule has 158 valence electrons. The molecule has 2 aromatic rings. The highest BCUT2D eigenvalue weighted by Gasteiger charge is 2.50. The van der Waals surface area contributed by atoms with E-state index in [4.69, 9.17) is 5.73 Å². The van der Waals surface area contributed by atoms with Crippen molar-refractivity contribution in [2.24, 2.45) is 5.73 Å². The number of thiophene rings is 1. The standard InChI is InChI=1S/C23H28N4O2S/c24-22(29)23(7-8-23)16-5-6-17(18(14-16)26-10-1-2-11-26)21(28)27-12-9-25-15-19(27)20-4-3-13-30-20/h3-6,13-14,19,25H,1-2,7-12,15H2,(H2,24,29). The molecule has 1 aliphatic carbocycles. The molecule has 0 radical (unpaired) electrons. The number of hydrogen-bond acceptors (Lipinski definition) is 5. The number of primary amides is 1. The van der Waals surface area contributed by atoms with E-state index < -0.39 is 5.41 Å². The molecule has 1 aromatic carbocycles. The number of rotatable bonds is 5. The number of hydrogen-bond donors (Lipinski definition) is 2. The predicted molar refractivity (Wildman–Crippen MR) is 119 cm³/mol. The second kappa shape index (κ2) is 7.71. The van der Waals surface area contributed by atoms with Crippen molar-refractivity contribution >= 4 is 28.8 Å². The van der Waals surface area contributed by atoms with Crippen LogP contribution < -0.4 is 16.0 Å². The van der Waals surface area contributed by atoms with Crippen molar-refractivity contribution in [3.8, 4) is 0 Å². The summed E-state index contributed by atoms with van der Waals surface area (Å²) in [5.41, 5.74) is 7.85. The summed E-state index contributed by atoms with van der Waals surface area (Å²) in [5.74, 6) is -0.180. The molecule has 30 heavy (non-hydrogen) atoms. The molecular weight excluding hydrogens is 396 g/mol. The van der Waals surface area contributed by atoms with E-state index in [1.54, 1.807) is 11.3 Å². The van der Waals surface area contributed by atoms with Crippen molar-refractivity contribution in [3.63, 3.8) is 0 Å². The molecule has 2 saturated heterocycles. The molecule has 5 rings (SSSR count). The van der Waals surface area contributed by atoms with Crippen molar-refractivity contribution in [1.29, 1.82) is 0 Å². The average Bonchev–Trinajstić information content (AvgIpc) is 3.17. The Hall–Kier alpha value is -2.38. The Labute approximate surface area is 181 Å². The third kappa shape index (κ3) is 3.30. The quantitative estimate of drug-likeness (QED) is 0.774. The summed E-state index contributed by atoms with van der Waals surface area (Å²) in [6.07, 6.45) is 3.86. The maximum Gasteiger partial charge on any atom is 0.256 e. The van der Waals surface area contributed by atoms with Crippen LogP contribution in [0.4, 0.5) is 5.69 Å². The number of benzene rings is 1. The van der Waals surface area contributed by atoms with Crippen LogP contribution in [0, 0.1) is 0 Å². The summed E-state index contributed by atoms with van der Waals surface area (Å²) in [6.45, 7) is 4.16. The lowest BCUT2D eigenvalue weighted by Gasteiger charge is -2.36. The molecule has 3 fully saturated rings. The van der Waals surface area contributed by atoms with Crippen LogP contribution in [0.1, 0.15) is 52.5 Å². The fraction of sp³-hybridized carbons (Fsp3) is 0.478. The maximum absolute atomic E-state index is 13.8. The van der Waals surface area contributed by atoms with Gasteiger partial charge < -0.3 is 20.9 Å². The van der Waals surface area contributed by atoms with Gasteiger partial charge in [0, 0.05) is 43.3 Å². The van der Waals surface area contributed by atoms with E-state index in [2.05, 4.69) is 27.7 Å². The van der Waals surface area contributed by atoms with E-state index in [-0.39, 0.29) is 17.9 Å². The van der Waals surface area contributed by atoms with Crippen molar-refractivity contribution in [1.82, 2.24) is 10.2 Å². The predicted octanol–water partition coefficient (Wildman–Crippen LogP) is 2.65. The molecule has 0 bridgehead atoms. The fourth-order valence-corrected chi connectivity index (χ4v) is 5.71. The van der Waals surface area contributed by atoms with Gasteiger partial charge in [-0.15, -0.1) is 11.3 Å². The number of anilines is 1. The van der Waals surface area contributed by atoms with Crippen LogP contribution >= 0.6 is 11.3 Å². The first-order valence-electron chi connectivity index (χ1n) is 10.8. The number of amides is 2. The lowest BCUT2D eigenvalue weighted by Crippen LogP contribution is -2.48. The third-order valence-electron chi connectivity index (χ3n) is 6.83. The van der Waals surface area contributed by atoms with Crippen LogP contribution in [0.2, 0.25) is 0 Å². The van der Waals surface area contributed by atoms with Gasteiger partial charge in [-0.2, -0.15) is 0 Å². The molecule has 3 heterocycles. The Morgan fingerprint density at radius 3 is 2.60 bits per heavy atom. The second-order valence-corrected chi connectivity index (χ2v) is 9.59. The Kier molecular flexibility index (Phi) is 5.03. The zero-order chi connectivity index (χ0) is 20.7. The van der Waals surface area contributed by atoms with Crippen molar-refractivity contribution in [3.05, 3.63) is 51.7 Å². The molecule has 1 aromatic heterocycles. The summed E-state index contributed by atoms with van der Waals surface area (Å²) >= 11 is 1.70. The molecule has 6 nitrogen and oxygen atoms in total. The highest BCUT2D eigenvalue weighted by atomic mass is 32.1. The van der Waals surface area contributed by atoms with Gasteiger partial charge in [-0.25, -0.2) is 0 Å². The van der Waals surface area contributed by atoms with Gasteiger partial charge in [0.05, 0.1) is 17.0 Å². The highest BCUT2D eigenvalue weighted by Crippen LogP contribution is 2.49. The van der Waals surface area contributed by atoms with Crippen molar-refractivity contribution in [2.75, 3.05) is 37.6 Å². The van der Waals surface area contributed by atoms with Gasteiger partial charge in [-0.05, 0) is 54.8 Å². The Bertz CT molecular complexity index is 948. The molecule has 7 heteroatoms. The topological polar surface area (TPSA) is 78.7 Å². The average molecular weight is 425 g/mol. The van der Waals surface area contributed by atoms with Gasteiger partial charge in [0.2, 0.25) is 5.91 Å². The summed E-state index contributed by atoms with van der Waals surface area (Å²) in [4.78, 5) is 31.4. The van der Waals surface area contributed by atoms with Gasteiger partial charge in [-0.3, -0.25) is 9.59 Å². The van der Waals surface area contributed by atoms with Gasteiger partial charge in [0.25, 0.3) is 5.91 Å². The first-order valence-corrected chi connectivity index (χ1v) is 11.7. The maximum atomic E-state index is 13.8. The second-order valence-electron chi connectivity index (χ2n) is 8.61. The monoisotopic (exact) mass is 424 g/mol. The Morgan fingerprint density at radius 1 is 1.13 bits per heavy atom. The molecule has 1 atom stereocenters. The van der Waals surface area contributed by atoms with Crippen molar-refractivity contribution < 1.29 is 9.59 Å². The van der Waals surface area contributed by atoms with Crippen LogP contribution in [0.15, 0.2) is 35.7 Å².